The van der Waals surface area contributed by atoms with Crippen LogP contribution >= 0.6 is 0 Å². The van der Waals surface area contributed by atoms with Crippen LogP contribution < -0.4 is 14.5 Å². The van der Waals surface area contributed by atoms with E-state index in [1.807, 2.05) is 72.9 Å². The molecule has 7 aromatic carbocycles. The van der Waals surface area contributed by atoms with Crippen LogP contribution in [0.4, 0.5) is 22.7 Å². The zero-order valence-electron chi connectivity index (χ0n) is 34.0. The zero-order valence-corrected chi connectivity index (χ0v) is 34.0. The van der Waals surface area contributed by atoms with Gasteiger partial charge in [0.15, 0.2) is 0 Å². The second-order valence-corrected chi connectivity index (χ2v) is 16.3. The molecule has 7 nitrogen and oxygen atoms in total. The lowest BCUT2D eigenvalue weighted by molar-refractivity contribution is 0.483. The smallest absolute Gasteiger partial charge is 0.137 e. The number of rotatable bonds is 7. The molecule has 7 heteroatoms. The van der Waals surface area contributed by atoms with Crippen molar-refractivity contribution in [3.63, 3.8) is 0 Å². The van der Waals surface area contributed by atoms with Crippen LogP contribution in [0.2, 0.25) is 0 Å². The molecular formula is C54H40N6O. The van der Waals surface area contributed by atoms with Gasteiger partial charge in [-0.15, -0.1) is 0 Å². The molecule has 61 heavy (non-hydrogen) atoms. The quantitative estimate of drug-likeness (QED) is 0.160. The summed E-state index contributed by atoms with van der Waals surface area (Å²) in [6.45, 7) is 7.20. The Kier molecular flexibility index (Phi) is 9.09. The molecule has 0 spiro atoms. The fraction of sp³-hybridized carbons (Fsp3) is 0.0926. The molecule has 0 unspecified atom stereocenters. The van der Waals surface area contributed by atoms with Crippen LogP contribution in [0.15, 0.2) is 176 Å². The number of benzene rings is 7. The molecule has 0 saturated carbocycles. The van der Waals surface area contributed by atoms with E-state index in [0.29, 0.717) is 17.8 Å². The van der Waals surface area contributed by atoms with Crippen molar-refractivity contribution in [2.75, 3.05) is 16.5 Å². The zero-order chi connectivity index (χ0) is 41.7. The second-order valence-electron chi connectivity index (χ2n) is 16.3. The van der Waals surface area contributed by atoms with Crippen LogP contribution in [0.3, 0.4) is 0 Å². The Hall–Kier alpha value is -8.13. The minimum atomic E-state index is -0.0235. The van der Waals surface area contributed by atoms with Gasteiger partial charge in [0.1, 0.15) is 24.0 Å². The standard InChI is InChI=1S/C54H40N6O/c1-54(2,3)40-28-29-57-52(30-40)60-48-15-5-4-12-46(48)47-27-26-43(32-51(47)60)61-42-11-8-10-41(31-42)58-35-59(50-17-7-6-16-49(50)58)53-44(38-22-18-36(33-55)19-23-38)13-9-14-45(53)39-24-20-37(34-56)21-25-39/h4-32H,35H2,1-3H3. The van der Waals surface area contributed by atoms with Crippen molar-refractivity contribution in [3.8, 4) is 51.7 Å². The van der Waals surface area contributed by atoms with E-state index >= 15 is 0 Å². The summed E-state index contributed by atoms with van der Waals surface area (Å²) in [6.07, 6.45) is 1.90. The highest BCUT2D eigenvalue weighted by Gasteiger charge is 2.31. The number of aromatic nitrogens is 2. The van der Waals surface area contributed by atoms with Crippen molar-refractivity contribution < 1.29 is 4.74 Å². The van der Waals surface area contributed by atoms with E-state index in [0.717, 1.165) is 84.1 Å². The molecule has 0 aliphatic carbocycles. The number of nitriles is 2. The van der Waals surface area contributed by atoms with Gasteiger partial charge in [0.2, 0.25) is 0 Å². The molecule has 9 aromatic rings. The fourth-order valence-corrected chi connectivity index (χ4v) is 8.49. The lowest BCUT2D eigenvalue weighted by Crippen LogP contribution is -2.25. The number of ether oxygens (including phenoxy) is 1. The minimum absolute atomic E-state index is 0.0235. The Labute approximate surface area is 355 Å². The molecule has 1 aliphatic rings. The van der Waals surface area contributed by atoms with E-state index in [1.165, 1.54) is 5.56 Å². The highest BCUT2D eigenvalue weighted by Crippen LogP contribution is 2.50. The molecule has 292 valence electrons. The molecule has 0 saturated heterocycles. The lowest BCUT2D eigenvalue weighted by atomic mass is 9.88. The van der Waals surface area contributed by atoms with Crippen molar-refractivity contribution in [1.82, 2.24) is 9.55 Å². The molecule has 0 radical (unpaired) electrons. The summed E-state index contributed by atoms with van der Waals surface area (Å²) in [5.74, 6) is 2.32. The molecule has 0 atom stereocenters. The first-order valence-electron chi connectivity index (χ1n) is 20.3. The Bertz CT molecular complexity index is 3140. The average Bonchev–Trinajstić information content (AvgIpc) is 3.85. The SMILES string of the molecule is CC(C)(C)c1ccnc(-n2c3ccccc3c3ccc(Oc4cccc(N5CN(c6c(-c7ccc(C#N)cc7)cccc6-c6ccc(C#N)cc6)c6ccccc65)c4)cc32)c1. The van der Waals surface area contributed by atoms with Crippen LogP contribution in [0.25, 0.3) is 49.9 Å². The Morgan fingerprint density at radius 1 is 0.557 bits per heavy atom. The number of para-hydroxylation sites is 4. The topological polar surface area (TPSA) is 81.1 Å². The largest absolute Gasteiger partial charge is 0.457 e. The van der Waals surface area contributed by atoms with Gasteiger partial charge in [-0.25, -0.2) is 4.98 Å². The summed E-state index contributed by atoms with van der Waals surface area (Å²) in [4.78, 5) is 9.54. The van der Waals surface area contributed by atoms with Crippen LogP contribution in [-0.2, 0) is 5.41 Å². The predicted molar refractivity (Wildman–Crippen MR) is 246 cm³/mol. The average molecular weight is 789 g/mol. The third kappa shape index (κ3) is 6.69. The highest BCUT2D eigenvalue weighted by molar-refractivity contribution is 6.09. The first-order chi connectivity index (χ1) is 29.8. The molecule has 0 fully saturated rings. The summed E-state index contributed by atoms with van der Waals surface area (Å²) >= 11 is 0. The fourth-order valence-electron chi connectivity index (χ4n) is 8.49. The van der Waals surface area contributed by atoms with Crippen molar-refractivity contribution in [2.24, 2.45) is 0 Å². The Morgan fingerprint density at radius 3 is 1.84 bits per heavy atom. The first-order valence-corrected chi connectivity index (χ1v) is 20.3. The van der Waals surface area contributed by atoms with E-state index in [2.05, 4.69) is 150 Å². The molecule has 0 N–H and O–H groups in total. The van der Waals surface area contributed by atoms with Crippen LogP contribution in [0.5, 0.6) is 11.5 Å². The summed E-state index contributed by atoms with van der Waals surface area (Å²) in [5, 5.41) is 21.4. The third-order valence-corrected chi connectivity index (χ3v) is 11.6. The van der Waals surface area contributed by atoms with Crippen LogP contribution in [-0.4, -0.2) is 16.2 Å². The van der Waals surface area contributed by atoms with Gasteiger partial charge in [0.05, 0.1) is 51.4 Å². The Morgan fingerprint density at radius 2 is 1.16 bits per heavy atom. The summed E-state index contributed by atoms with van der Waals surface area (Å²) in [6, 6.07) is 62.1. The summed E-state index contributed by atoms with van der Waals surface area (Å²) in [5.41, 5.74) is 12.8. The maximum absolute atomic E-state index is 9.57. The predicted octanol–water partition coefficient (Wildman–Crippen LogP) is 13.6. The lowest BCUT2D eigenvalue weighted by Gasteiger charge is -2.27. The highest BCUT2D eigenvalue weighted by atomic mass is 16.5. The third-order valence-electron chi connectivity index (χ3n) is 11.6. The van der Waals surface area contributed by atoms with Crippen molar-refractivity contribution in [2.45, 2.75) is 26.2 Å². The number of nitrogens with zero attached hydrogens (tertiary/aromatic N) is 6. The maximum atomic E-state index is 9.57. The van der Waals surface area contributed by atoms with Crippen LogP contribution in [0.1, 0.15) is 37.5 Å². The van der Waals surface area contributed by atoms with Gasteiger partial charge >= 0.3 is 0 Å². The number of anilines is 4. The van der Waals surface area contributed by atoms with E-state index < -0.39 is 0 Å². The molecule has 0 bridgehead atoms. The van der Waals surface area contributed by atoms with E-state index in [1.54, 1.807) is 0 Å². The first kappa shape index (κ1) is 37.2. The minimum Gasteiger partial charge on any atom is -0.457 e. The summed E-state index contributed by atoms with van der Waals surface area (Å²) in [7, 11) is 0. The van der Waals surface area contributed by atoms with Crippen molar-refractivity contribution >= 4 is 44.6 Å². The van der Waals surface area contributed by atoms with Gasteiger partial charge in [-0.1, -0.05) is 99.6 Å². The van der Waals surface area contributed by atoms with Gasteiger partial charge in [-0.05, 0) is 101 Å². The molecule has 3 heterocycles. The van der Waals surface area contributed by atoms with Gasteiger partial charge < -0.3 is 14.5 Å². The van der Waals surface area contributed by atoms with Crippen molar-refractivity contribution in [1.29, 1.82) is 10.5 Å². The van der Waals surface area contributed by atoms with E-state index in [-0.39, 0.29) is 5.41 Å². The summed E-state index contributed by atoms with van der Waals surface area (Å²) < 4.78 is 8.96. The monoisotopic (exact) mass is 788 g/mol. The number of hydrogen-bond acceptors (Lipinski definition) is 6. The van der Waals surface area contributed by atoms with Gasteiger partial charge in [0.25, 0.3) is 0 Å². The normalized spacial score (nSPS) is 12.3. The molecular weight excluding hydrogens is 749 g/mol. The van der Waals surface area contributed by atoms with E-state index in [4.69, 9.17) is 9.72 Å². The number of pyridine rings is 1. The molecule has 1 aliphatic heterocycles. The van der Waals surface area contributed by atoms with Crippen molar-refractivity contribution in [3.05, 3.63) is 193 Å². The van der Waals surface area contributed by atoms with E-state index in [9.17, 15) is 10.5 Å². The van der Waals surface area contributed by atoms with Gasteiger partial charge in [-0.2, -0.15) is 10.5 Å². The van der Waals surface area contributed by atoms with Crippen LogP contribution in [0, 0.1) is 22.7 Å². The molecule has 10 rings (SSSR count). The number of hydrogen-bond donors (Lipinski definition) is 0. The van der Waals surface area contributed by atoms with Gasteiger partial charge in [-0.3, -0.25) is 4.57 Å². The molecule has 0 amide bonds. The Balaban J connectivity index is 1.04. The number of fused-ring (bicyclic) bond motifs is 4. The second kappa shape index (κ2) is 14.9. The maximum Gasteiger partial charge on any atom is 0.137 e. The van der Waals surface area contributed by atoms with Gasteiger partial charge in [0, 0.05) is 45.9 Å². The molecule has 2 aromatic heterocycles.